The number of nitro benzene ring substituents is 1. The van der Waals surface area contributed by atoms with Crippen molar-refractivity contribution in [1.29, 1.82) is 0 Å². The molecule has 8 heteroatoms. The van der Waals surface area contributed by atoms with Gasteiger partial charge in [0.15, 0.2) is 0 Å². The van der Waals surface area contributed by atoms with Crippen molar-refractivity contribution in [3.8, 4) is 5.75 Å². The van der Waals surface area contributed by atoms with Gasteiger partial charge in [0.05, 0.1) is 16.1 Å². The molecule has 2 atom stereocenters. The smallest absolute Gasteiger partial charge is 0.434 e. The number of ether oxygens (including phenoxy) is 2. The van der Waals surface area contributed by atoms with Gasteiger partial charge in [-0.3, -0.25) is 10.1 Å². The molecule has 1 aliphatic heterocycles. The highest BCUT2D eigenvalue weighted by molar-refractivity contribution is 8.20. The zero-order valence-corrected chi connectivity index (χ0v) is 16.1. The largest absolute Gasteiger partial charge is 0.513 e. The predicted octanol–water partition coefficient (Wildman–Crippen LogP) is 5.11. The molecule has 2 aliphatic rings. The number of nitrogens with zero attached hydrogens (tertiary/aromatic N) is 1. The topological polar surface area (TPSA) is 78.7 Å². The van der Waals surface area contributed by atoms with Crippen LogP contribution in [0.15, 0.2) is 24.3 Å². The lowest BCUT2D eigenvalue weighted by atomic mass is 9.78. The van der Waals surface area contributed by atoms with E-state index in [4.69, 9.17) is 9.47 Å². The molecule has 0 aromatic heterocycles. The van der Waals surface area contributed by atoms with Crippen molar-refractivity contribution in [2.24, 2.45) is 11.8 Å². The average molecular weight is 398 g/mol. The summed E-state index contributed by atoms with van der Waals surface area (Å²) in [7, 11) is 0. The first-order valence-corrected chi connectivity index (χ1v) is 11.0. The summed E-state index contributed by atoms with van der Waals surface area (Å²) in [5.74, 6) is 3.74. The van der Waals surface area contributed by atoms with Gasteiger partial charge in [0.2, 0.25) is 0 Å². The van der Waals surface area contributed by atoms with Crippen LogP contribution in [0.3, 0.4) is 0 Å². The van der Waals surface area contributed by atoms with Crippen LogP contribution >= 0.6 is 23.5 Å². The molecule has 1 aliphatic carbocycles. The molecule has 1 aromatic rings. The van der Waals surface area contributed by atoms with Gasteiger partial charge in [-0.25, -0.2) is 4.79 Å². The number of rotatable bonds is 6. The molecule has 3 rings (SSSR count). The van der Waals surface area contributed by atoms with Crippen LogP contribution < -0.4 is 4.74 Å². The fraction of sp³-hybridized carbons (Fsp3) is 0.611. The molecule has 2 fully saturated rings. The van der Waals surface area contributed by atoms with Crippen molar-refractivity contribution in [3.63, 3.8) is 0 Å². The second-order valence-electron chi connectivity index (χ2n) is 6.63. The monoisotopic (exact) mass is 397 g/mol. The Labute approximate surface area is 161 Å². The van der Waals surface area contributed by atoms with Gasteiger partial charge in [0, 0.05) is 23.6 Å². The Morgan fingerprint density at radius 2 is 1.77 bits per heavy atom. The molecular formula is C18H23NO5S2. The quantitative estimate of drug-likeness (QED) is 0.285. The molecule has 26 heavy (non-hydrogen) atoms. The van der Waals surface area contributed by atoms with Gasteiger partial charge in [0.1, 0.15) is 5.75 Å². The van der Waals surface area contributed by atoms with E-state index in [0.29, 0.717) is 23.0 Å². The molecule has 6 nitrogen and oxygen atoms in total. The van der Waals surface area contributed by atoms with Crippen LogP contribution in [0, 0.1) is 22.0 Å². The Morgan fingerprint density at radius 1 is 1.12 bits per heavy atom. The van der Waals surface area contributed by atoms with E-state index in [9.17, 15) is 14.9 Å². The maximum atomic E-state index is 11.9. The maximum absolute atomic E-state index is 11.9. The second-order valence-corrected chi connectivity index (χ2v) is 9.55. The lowest BCUT2D eigenvalue weighted by molar-refractivity contribution is -0.384. The lowest BCUT2D eigenvalue weighted by Crippen LogP contribution is -2.27. The van der Waals surface area contributed by atoms with Crippen LogP contribution in [0.5, 0.6) is 5.75 Å². The number of hydrogen-bond donors (Lipinski definition) is 0. The molecule has 0 radical (unpaired) electrons. The van der Waals surface area contributed by atoms with Crippen molar-refractivity contribution in [2.45, 2.75) is 36.7 Å². The number of carbonyl (C=O) groups excluding carboxylic acids is 1. The van der Waals surface area contributed by atoms with Crippen molar-refractivity contribution < 1.29 is 19.2 Å². The minimum atomic E-state index is -0.743. The molecule has 0 amide bonds. The third kappa shape index (κ3) is 5.54. The maximum Gasteiger partial charge on any atom is 0.513 e. The number of nitro groups is 1. The third-order valence-corrected chi connectivity index (χ3v) is 8.00. The van der Waals surface area contributed by atoms with Gasteiger partial charge in [-0.05, 0) is 43.2 Å². The summed E-state index contributed by atoms with van der Waals surface area (Å²) < 4.78 is 11.2. The molecule has 1 aromatic carbocycles. The van der Waals surface area contributed by atoms with Gasteiger partial charge in [0.25, 0.3) is 5.69 Å². The van der Waals surface area contributed by atoms with Crippen molar-refractivity contribution in [2.75, 3.05) is 18.1 Å². The molecule has 0 N–H and O–H groups in total. The number of thioether (sulfide) groups is 2. The SMILES string of the molecule is O=C(OC[C@H]1CCCC[C@H]1CC1SCCS1)Oc1ccc([N+](=O)[O-])cc1. The summed E-state index contributed by atoms with van der Waals surface area (Å²) in [5.41, 5.74) is -0.0431. The van der Waals surface area contributed by atoms with E-state index in [2.05, 4.69) is 0 Å². The van der Waals surface area contributed by atoms with E-state index in [1.807, 2.05) is 23.5 Å². The van der Waals surface area contributed by atoms with Crippen LogP contribution in [-0.4, -0.2) is 33.8 Å². The van der Waals surface area contributed by atoms with Crippen LogP contribution in [0.25, 0.3) is 0 Å². The minimum absolute atomic E-state index is 0.0431. The molecule has 0 bridgehead atoms. The first-order chi connectivity index (χ1) is 12.6. The Bertz CT molecular complexity index is 619. The first kappa shape index (κ1) is 19.4. The van der Waals surface area contributed by atoms with Gasteiger partial charge in [-0.15, -0.1) is 23.5 Å². The molecule has 1 saturated heterocycles. The number of non-ortho nitro benzene ring substituents is 1. The zero-order chi connectivity index (χ0) is 18.4. The van der Waals surface area contributed by atoms with Gasteiger partial charge >= 0.3 is 6.16 Å². The highest BCUT2D eigenvalue weighted by atomic mass is 32.2. The standard InChI is InChI=1S/C18H23NO5S2/c20-18(24-16-7-5-15(6-8-16)19(21)22)23-12-14-4-2-1-3-13(14)11-17-25-9-10-26-17/h5-8,13-14,17H,1-4,9-12H2/t13-,14+/m0/s1. The summed E-state index contributed by atoms with van der Waals surface area (Å²) in [6.45, 7) is 0.387. The highest BCUT2D eigenvalue weighted by Gasteiger charge is 2.30. The normalized spacial score (nSPS) is 23.5. The Balaban J connectivity index is 1.46. The summed E-state index contributed by atoms with van der Waals surface area (Å²) in [5, 5.41) is 10.6. The number of carbonyl (C=O) groups is 1. The van der Waals surface area contributed by atoms with Crippen LogP contribution in [-0.2, 0) is 4.74 Å². The lowest BCUT2D eigenvalue weighted by Gasteiger charge is -2.32. The summed E-state index contributed by atoms with van der Waals surface area (Å²) in [4.78, 5) is 22.1. The van der Waals surface area contributed by atoms with E-state index in [1.54, 1.807) is 0 Å². The second kappa shape index (κ2) is 9.50. The van der Waals surface area contributed by atoms with Gasteiger partial charge < -0.3 is 9.47 Å². The molecule has 0 unspecified atom stereocenters. The van der Waals surface area contributed by atoms with E-state index >= 15 is 0 Å². The number of hydrogen-bond acceptors (Lipinski definition) is 7. The molecule has 0 spiro atoms. The average Bonchev–Trinajstić information content (AvgIpc) is 3.14. The van der Waals surface area contributed by atoms with Crippen LogP contribution in [0.2, 0.25) is 0 Å². The van der Waals surface area contributed by atoms with Crippen LogP contribution in [0.4, 0.5) is 10.5 Å². The van der Waals surface area contributed by atoms with Crippen molar-refractivity contribution >= 4 is 35.4 Å². The Hall–Kier alpha value is -1.41. The summed E-state index contributed by atoms with van der Waals surface area (Å²) >= 11 is 4.10. The Morgan fingerprint density at radius 3 is 2.42 bits per heavy atom. The highest BCUT2D eigenvalue weighted by Crippen LogP contribution is 2.42. The van der Waals surface area contributed by atoms with Crippen LogP contribution in [0.1, 0.15) is 32.1 Å². The number of benzene rings is 1. The van der Waals surface area contributed by atoms with Crippen molar-refractivity contribution in [3.05, 3.63) is 34.4 Å². The molecule has 1 saturated carbocycles. The van der Waals surface area contributed by atoms with E-state index in [0.717, 1.165) is 6.42 Å². The Kier molecular flexibility index (Phi) is 7.07. The summed E-state index contributed by atoms with van der Waals surface area (Å²) in [6, 6.07) is 5.40. The third-order valence-electron chi connectivity index (χ3n) is 4.92. The molecule has 1 heterocycles. The zero-order valence-electron chi connectivity index (χ0n) is 14.5. The van der Waals surface area contributed by atoms with Crippen molar-refractivity contribution in [1.82, 2.24) is 0 Å². The first-order valence-electron chi connectivity index (χ1n) is 8.94. The van der Waals surface area contributed by atoms with E-state index < -0.39 is 11.1 Å². The van der Waals surface area contributed by atoms with Gasteiger partial charge in [-0.2, -0.15) is 0 Å². The van der Waals surface area contributed by atoms with Gasteiger partial charge in [-0.1, -0.05) is 12.8 Å². The predicted molar refractivity (Wildman–Crippen MR) is 104 cm³/mol. The van der Waals surface area contributed by atoms with E-state index in [-0.39, 0.29) is 11.4 Å². The summed E-state index contributed by atoms with van der Waals surface area (Å²) in [6.07, 6.45) is 5.21. The minimum Gasteiger partial charge on any atom is -0.434 e. The molecule has 142 valence electrons. The fourth-order valence-electron chi connectivity index (χ4n) is 3.54. The molecular weight excluding hydrogens is 374 g/mol. The van der Waals surface area contributed by atoms with E-state index in [1.165, 1.54) is 61.5 Å². The fourth-order valence-corrected chi connectivity index (χ4v) is 6.57.